The van der Waals surface area contributed by atoms with Crippen molar-refractivity contribution in [3.8, 4) is 0 Å². The molecule has 0 aliphatic rings. The molecule has 0 saturated carbocycles. The van der Waals surface area contributed by atoms with E-state index in [-0.39, 0.29) is 5.91 Å². The second kappa shape index (κ2) is 4.27. The summed E-state index contributed by atoms with van der Waals surface area (Å²) in [6, 6.07) is 1.63. The third-order valence-corrected chi connectivity index (χ3v) is 2.82. The predicted molar refractivity (Wildman–Crippen MR) is 56.7 cm³/mol. The molecule has 0 aromatic carbocycles. The average Bonchev–Trinajstić information content (AvgIpc) is 2.84. The van der Waals surface area contributed by atoms with Crippen molar-refractivity contribution in [2.75, 3.05) is 0 Å². The normalized spacial score (nSPS) is 10.2. The van der Waals surface area contributed by atoms with Gasteiger partial charge in [0.15, 0.2) is 0 Å². The molecule has 0 spiro atoms. The Morgan fingerprint density at radius 1 is 1.67 bits per heavy atom. The van der Waals surface area contributed by atoms with Crippen molar-refractivity contribution in [2.45, 2.75) is 13.5 Å². The van der Waals surface area contributed by atoms with Gasteiger partial charge < -0.3 is 9.73 Å². The van der Waals surface area contributed by atoms with Gasteiger partial charge in [0.1, 0.15) is 11.3 Å². The van der Waals surface area contributed by atoms with E-state index >= 15 is 0 Å². The summed E-state index contributed by atoms with van der Waals surface area (Å²) in [4.78, 5) is 15.7. The Labute approximate surface area is 90.9 Å². The summed E-state index contributed by atoms with van der Waals surface area (Å²) in [5, 5.41) is 5.63. The van der Waals surface area contributed by atoms with Crippen LogP contribution in [0.5, 0.6) is 0 Å². The Bertz CT molecular complexity index is 448. The van der Waals surface area contributed by atoms with Crippen molar-refractivity contribution in [2.24, 2.45) is 0 Å². The highest BCUT2D eigenvalue weighted by Gasteiger charge is 2.07. The third-order valence-electron chi connectivity index (χ3n) is 1.85. The Hall–Kier alpha value is -1.62. The number of hydrogen-bond acceptors (Lipinski definition) is 4. The molecular weight excluding hydrogens is 212 g/mol. The van der Waals surface area contributed by atoms with Crippen LogP contribution < -0.4 is 5.32 Å². The molecule has 0 fully saturated rings. The van der Waals surface area contributed by atoms with Gasteiger partial charge in [-0.15, -0.1) is 11.3 Å². The molecule has 2 heterocycles. The molecule has 0 bridgehead atoms. The Morgan fingerprint density at radius 2 is 2.53 bits per heavy atom. The molecule has 0 unspecified atom stereocenters. The van der Waals surface area contributed by atoms with Crippen molar-refractivity contribution in [1.82, 2.24) is 10.3 Å². The molecule has 0 saturated heterocycles. The summed E-state index contributed by atoms with van der Waals surface area (Å²) >= 11 is 1.54. The van der Waals surface area contributed by atoms with Gasteiger partial charge in [-0.05, 0) is 13.0 Å². The van der Waals surface area contributed by atoms with E-state index in [1.54, 1.807) is 6.07 Å². The van der Waals surface area contributed by atoms with Crippen LogP contribution in [-0.2, 0) is 6.54 Å². The average molecular weight is 222 g/mol. The van der Waals surface area contributed by atoms with Crippen LogP contribution in [0, 0.1) is 6.92 Å². The number of aryl methyl sites for hydroxylation is 1. The molecule has 0 atom stereocenters. The molecular formula is C10H10N2O2S. The van der Waals surface area contributed by atoms with E-state index < -0.39 is 0 Å². The smallest absolute Gasteiger partial charge is 0.254 e. The van der Waals surface area contributed by atoms with Crippen LogP contribution in [0.25, 0.3) is 0 Å². The van der Waals surface area contributed by atoms with Gasteiger partial charge in [0.2, 0.25) is 0 Å². The number of carbonyl (C=O) groups is 1. The van der Waals surface area contributed by atoms with Crippen LogP contribution in [0.1, 0.15) is 21.1 Å². The van der Waals surface area contributed by atoms with Gasteiger partial charge in [-0.1, -0.05) is 0 Å². The highest BCUT2D eigenvalue weighted by Crippen LogP contribution is 2.08. The number of aromatic nitrogens is 1. The SMILES string of the molecule is Cc1csc(CNC(=O)c2ccoc2)n1. The molecule has 2 rings (SSSR count). The standard InChI is InChI=1S/C10H10N2O2S/c1-7-6-15-9(12-7)4-11-10(13)8-2-3-14-5-8/h2-3,5-6H,4H2,1H3,(H,11,13). The van der Waals surface area contributed by atoms with Crippen LogP contribution in [0.15, 0.2) is 28.4 Å². The molecule has 1 amide bonds. The maximum Gasteiger partial charge on any atom is 0.254 e. The fourth-order valence-electron chi connectivity index (χ4n) is 1.14. The summed E-state index contributed by atoms with van der Waals surface area (Å²) < 4.78 is 4.82. The van der Waals surface area contributed by atoms with Gasteiger partial charge in [-0.25, -0.2) is 4.98 Å². The van der Waals surface area contributed by atoms with Crippen LogP contribution in [0.3, 0.4) is 0 Å². The first kappa shape index (κ1) is 9.92. The summed E-state index contributed by atoms with van der Waals surface area (Å²) in [6.07, 6.45) is 2.89. The maximum absolute atomic E-state index is 11.5. The first-order valence-electron chi connectivity index (χ1n) is 4.47. The van der Waals surface area contributed by atoms with Crippen molar-refractivity contribution in [3.63, 3.8) is 0 Å². The van der Waals surface area contributed by atoms with Gasteiger partial charge in [-0.2, -0.15) is 0 Å². The second-order valence-corrected chi connectivity index (χ2v) is 4.02. The highest BCUT2D eigenvalue weighted by molar-refractivity contribution is 7.09. The number of hydrogen-bond donors (Lipinski definition) is 1. The predicted octanol–water partition coefficient (Wildman–Crippen LogP) is 1.97. The molecule has 0 aliphatic heterocycles. The van der Waals surface area contributed by atoms with Crippen molar-refractivity contribution in [3.05, 3.63) is 40.2 Å². The molecule has 0 radical (unpaired) electrons. The van der Waals surface area contributed by atoms with E-state index in [1.165, 1.54) is 23.9 Å². The minimum Gasteiger partial charge on any atom is -0.472 e. The minimum absolute atomic E-state index is 0.142. The molecule has 78 valence electrons. The van der Waals surface area contributed by atoms with E-state index in [4.69, 9.17) is 4.42 Å². The maximum atomic E-state index is 11.5. The molecule has 15 heavy (non-hydrogen) atoms. The lowest BCUT2D eigenvalue weighted by Crippen LogP contribution is -2.22. The van der Waals surface area contributed by atoms with E-state index in [0.717, 1.165) is 10.7 Å². The van der Waals surface area contributed by atoms with Crippen LogP contribution in [0.4, 0.5) is 0 Å². The molecule has 2 aromatic heterocycles. The zero-order valence-corrected chi connectivity index (χ0v) is 9.00. The second-order valence-electron chi connectivity index (χ2n) is 3.08. The number of furan rings is 1. The largest absolute Gasteiger partial charge is 0.472 e. The van der Waals surface area contributed by atoms with Crippen molar-refractivity contribution in [1.29, 1.82) is 0 Å². The van der Waals surface area contributed by atoms with E-state index in [1.807, 2.05) is 12.3 Å². The van der Waals surface area contributed by atoms with E-state index in [2.05, 4.69) is 10.3 Å². The van der Waals surface area contributed by atoms with Crippen molar-refractivity contribution >= 4 is 17.2 Å². The van der Waals surface area contributed by atoms with Gasteiger partial charge in [0.05, 0.1) is 18.4 Å². The summed E-state index contributed by atoms with van der Waals surface area (Å²) in [5.41, 5.74) is 1.51. The number of nitrogens with one attached hydrogen (secondary N) is 1. The zero-order chi connectivity index (χ0) is 10.7. The monoisotopic (exact) mass is 222 g/mol. The van der Waals surface area contributed by atoms with Crippen molar-refractivity contribution < 1.29 is 9.21 Å². The van der Waals surface area contributed by atoms with Gasteiger partial charge in [0.25, 0.3) is 5.91 Å². The Balaban J connectivity index is 1.91. The van der Waals surface area contributed by atoms with Crippen LogP contribution in [-0.4, -0.2) is 10.9 Å². The molecule has 4 nitrogen and oxygen atoms in total. The van der Waals surface area contributed by atoms with Crippen LogP contribution in [0.2, 0.25) is 0 Å². The quantitative estimate of drug-likeness (QED) is 0.863. The van der Waals surface area contributed by atoms with Gasteiger partial charge in [0, 0.05) is 11.1 Å². The summed E-state index contributed by atoms with van der Waals surface area (Å²) in [7, 11) is 0. The zero-order valence-electron chi connectivity index (χ0n) is 8.19. The van der Waals surface area contributed by atoms with Crippen LogP contribution >= 0.6 is 11.3 Å². The Morgan fingerprint density at radius 3 is 3.13 bits per heavy atom. The lowest BCUT2D eigenvalue weighted by molar-refractivity contribution is 0.0950. The highest BCUT2D eigenvalue weighted by atomic mass is 32.1. The minimum atomic E-state index is -0.142. The number of carbonyl (C=O) groups excluding carboxylic acids is 1. The lowest BCUT2D eigenvalue weighted by Gasteiger charge is -1.99. The lowest BCUT2D eigenvalue weighted by atomic mass is 10.3. The first-order chi connectivity index (χ1) is 7.25. The number of rotatable bonds is 3. The van der Waals surface area contributed by atoms with E-state index in [9.17, 15) is 4.79 Å². The number of thiazole rings is 1. The van der Waals surface area contributed by atoms with Gasteiger partial charge >= 0.3 is 0 Å². The number of amides is 1. The fourth-order valence-corrected chi connectivity index (χ4v) is 1.85. The topological polar surface area (TPSA) is 55.1 Å². The summed E-state index contributed by atoms with van der Waals surface area (Å²) in [5.74, 6) is -0.142. The summed E-state index contributed by atoms with van der Waals surface area (Å²) in [6.45, 7) is 2.39. The molecule has 2 aromatic rings. The fraction of sp³-hybridized carbons (Fsp3) is 0.200. The molecule has 1 N–H and O–H groups in total. The Kier molecular flexibility index (Phi) is 2.82. The third kappa shape index (κ3) is 2.44. The molecule has 0 aliphatic carbocycles. The van der Waals surface area contributed by atoms with E-state index in [0.29, 0.717) is 12.1 Å². The van der Waals surface area contributed by atoms with Gasteiger partial charge in [-0.3, -0.25) is 4.79 Å². The first-order valence-corrected chi connectivity index (χ1v) is 5.35. The number of nitrogens with zero attached hydrogens (tertiary/aromatic N) is 1. The molecule has 5 heteroatoms.